The SMILES string of the molecule is COC(O)C1CCN(c2ccc3c(=O)c4cc(Cl)cc(Cl)c4oc3c2)C1. The van der Waals surface area contributed by atoms with Crippen molar-refractivity contribution in [1.29, 1.82) is 0 Å². The van der Waals surface area contributed by atoms with Crippen LogP contribution in [0.2, 0.25) is 10.0 Å². The summed E-state index contributed by atoms with van der Waals surface area (Å²) in [4.78, 5) is 14.9. The number of benzene rings is 2. The third-order valence-corrected chi connectivity index (χ3v) is 5.41. The summed E-state index contributed by atoms with van der Waals surface area (Å²) < 4.78 is 10.9. The van der Waals surface area contributed by atoms with E-state index in [0.29, 0.717) is 38.5 Å². The van der Waals surface area contributed by atoms with E-state index in [9.17, 15) is 9.90 Å². The van der Waals surface area contributed by atoms with Crippen LogP contribution in [0, 0.1) is 5.92 Å². The van der Waals surface area contributed by atoms with Crippen LogP contribution in [0.1, 0.15) is 6.42 Å². The first-order chi connectivity index (χ1) is 12.5. The fraction of sp³-hybridized carbons (Fsp3) is 0.316. The first-order valence-electron chi connectivity index (χ1n) is 8.29. The average molecular weight is 394 g/mol. The van der Waals surface area contributed by atoms with E-state index in [1.54, 1.807) is 18.2 Å². The van der Waals surface area contributed by atoms with Gasteiger partial charge in [-0.2, -0.15) is 0 Å². The lowest BCUT2D eigenvalue weighted by atomic mass is 10.1. The van der Waals surface area contributed by atoms with Crippen molar-refractivity contribution in [1.82, 2.24) is 0 Å². The Kier molecular flexibility index (Phi) is 4.57. The van der Waals surface area contributed by atoms with Crippen molar-refractivity contribution in [2.75, 3.05) is 25.1 Å². The molecule has 0 radical (unpaired) electrons. The van der Waals surface area contributed by atoms with Gasteiger partial charge in [-0.05, 0) is 30.7 Å². The molecule has 5 nitrogen and oxygen atoms in total. The van der Waals surface area contributed by atoms with Crippen molar-refractivity contribution in [2.45, 2.75) is 12.7 Å². The van der Waals surface area contributed by atoms with Gasteiger partial charge in [-0.25, -0.2) is 0 Å². The minimum absolute atomic E-state index is 0.0518. The first kappa shape index (κ1) is 17.6. The highest BCUT2D eigenvalue weighted by Crippen LogP contribution is 2.32. The fourth-order valence-corrected chi connectivity index (χ4v) is 4.05. The molecule has 2 heterocycles. The normalized spacial score (nSPS) is 18.8. The highest BCUT2D eigenvalue weighted by atomic mass is 35.5. The van der Waals surface area contributed by atoms with Gasteiger partial charge >= 0.3 is 0 Å². The smallest absolute Gasteiger partial charge is 0.200 e. The fourth-order valence-electron chi connectivity index (χ4n) is 3.51. The van der Waals surface area contributed by atoms with Gasteiger partial charge in [0.2, 0.25) is 5.43 Å². The second kappa shape index (κ2) is 6.74. The van der Waals surface area contributed by atoms with Crippen molar-refractivity contribution in [3.63, 3.8) is 0 Å². The monoisotopic (exact) mass is 393 g/mol. The number of ether oxygens (including phenoxy) is 1. The van der Waals surface area contributed by atoms with E-state index >= 15 is 0 Å². The molecule has 1 saturated heterocycles. The molecule has 1 fully saturated rings. The maximum absolute atomic E-state index is 12.8. The molecule has 26 heavy (non-hydrogen) atoms. The van der Waals surface area contributed by atoms with Gasteiger partial charge in [-0.1, -0.05) is 23.2 Å². The highest BCUT2D eigenvalue weighted by molar-refractivity contribution is 6.38. The second-order valence-corrected chi connectivity index (χ2v) is 7.34. The number of aliphatic hydroxyl groups excluding tert-OH is 1. The Labute approximate surface area is 159 Å². The molecule has 0 amide bonds. The molecule has 3 aromatic rings. The Balaban J connectivity index is 1.78. The van der Waals surface area contributed by atoms with Crippen LogP contribution >= 0.6 is 23.2 Å². The van der Waals surface area contributed by atoms with Crippen molar-refractivity contribution < 1.29 is 14.3 Å². The summed E-state index contributed by atoms with van der Waals surface area (Å²) in [5.74, 6) is 0.0518. The number of hydrogen-bond donors (Lipinski definition) is 1. The number of methoxy groups -OCH3 is 1. The summed E-state index contributed by atoms with van der Waals surface area (Å²) in [5.41, 5.74) is 1.57. The van der Waals surface area contributed by atoms with Crippen LogP contribution in [-0.2, 0) is 4.74 Å². The Morgan fingerprint density at radius 3 is 2.85 bits per heavy atom. The summed E-state index contributed by atoms with van der Waals surface area (Å²) in [6.45, 7) is 1.47. The van der Waals surface area contributed by atoms with E-state index in [4.69, 9.17) is 32.4 Å². The van der Waals surface area contributed by atoms with Crippen molar-refractivity contribution in [3.8, 4) is 0 Å². The molecule has 2 aromatic carbocycles. The van der Waals surface area contributed by atoms with Crippen LogP contribution in [-0.4, -0.2) is 31.6 Å². The highest BCUT2D eigenvalue weighted by Gasteiger charge is 2.28. The van der Waals surface area contributed by atoms with Crippen molar-refractivity contribution in [3.05, 3.63) is 50.6 Å². The quantitative estimate of drug-likeness (QED) is 0.537. The van der Waals surface area contributed by atoms with E-state index < -0.39 is 6.29 Å². The minimum atomic E-state index is -0.772. The molecule has 0 spiro atoms. The summed E-state index contributed by atoms with van der Waals surface area (Å²) in [5, 5.41) is 11.4. The predicted octanol–water partition coefficient (Wildman–Crippen LogP) is 4.04. The van der Waals surface area contributed by atoms with Crippen LogP contribution in [0.3, 0.4) is 0 Å². The molecule has 2 unspecified atom stereocenters. The number of halogens is 2. The molecule has 7 heteroatoms. The molecule has 2 atom stereocenters. The molecule has 0 bridgehead atoms. The van der Waals surface area contributed by atoms with Gasteiger partial charge in [0.1, 0.15) is 5.58 Å². The van der Waals surface area contributed by atoms with Gasteiger partial charge in [0, 0.05) is 42.9 Å². The first-order valence-corrected chi connectivity index (χ1v) is 9.05. The number of hydrogen-bond acceptors (Lipinski definition) is 5. The lowest BCUT2D eigenvalue weighted by molar-refractivity contribution is -0.107. The third-order valence-electron chi connectivity index (χ3n) is 4.91. The number of aliphatic hydroxyl groups is 1. The summed E-state index contributed by atoms with van der Waals surface area (Å²) in [7, 11) is 1.50. The van der Waals surface area contributed by atoms with Gasteiger partial charge in [0.15, 0.2) is 11.9 Å². The zero-order valence-corrected chi connectivity index (χ0v) is 15.5. The minimum Gasteiger partial charge on any atom is -0.454 e. The Bertz CT molecular complexity index is 1050. The van der Waals surface area contributed by atoms with Gasteiger partial charge in [0.05, 0.1) is 15.8 Å². The summed E-state index contributed by atoms with van der Waals surface area (Å²) >= 11 is 12.2. The van der Waals surface area contributed by atoms with E-state index in [2.05, 4.69) is 4.90 Å². The third kappa shape index (κ3) is 2.95. The maximum atomic E-state index is 12.8. The Morgan fingerprint density at radius 2 is 2.08 bits per heavy atom. The number of rotatable bonds is 3. The molecule has 0 saturated carbocycles. The molecule has 1 aliphatic rings. The zero-order valence-electron chi connectivity index (χ0n) is 14.0. The molecule has 0 aliphatic carbocycles. The summed E-state index contributed by atoms with van der Waals surface area (Å²) in [6.07, 6.45) is 0.0601. The molecular formula is C19H17Cl2NO4. The van der Waals surface area contributed by atoms with Crippen LogP contribution in [0.4, 0.5) is 5.69 Å². The molecule has 4 rings (SSSR count). The van der Waals surface area contributed by atoms with Crippen LogP contribution in [0.15, 0.2) is 39.5 Å². The van der Waals surface area contributed by atoms with Gasteiger partial charge in [-0.3, -0.25) is 4.79 Å². The predicted molar refractivity (Wildman–Crippen MR) is 103 cm³/mol. The van der Waals surface area contributed by atoms with Gasteiger partial charge < -0.3 is 19.2 Å². The lowest BCUT2D eigenvalue weighted by Crippen LogP contribution is -2.26. The zero-order chi connectivity index (χ0) is 18.4. The maximum Gasteiger partial charge on any atom is 0.200 e. The van der Waals surface area contributed by atoms with Crippen molar-refractivity contribution in [2.24, 2.45) is 5.92 Å². The summed E-state index contributed by atoms with van der Waals surface area (Å²) in [6, 6.07) is 8.60. The van der Waals surface area contributed by atoms with E-state index in [-0.39, 0.29) is 11.3 Å². The van der Waals surface area contributed by atoms with Crippen LogP contribution < -0.4 is 10.3 Å². The number of nitrogens with zero attached hydrogens (tertiary/aromatic N) is 1. The average Bonchev–Trinajstić information content (AvgIpc) is 3.12. The molecule has 1 aliphatic heterocycles. The largest absolute Gasteiger partial charge is 0.454 e. The molecule has 1 aromatic heterocycles. The van der Waals surface area contributed by atoms with Crippen LogP contribution in [0.25, 0.3) is 21.9 Å². The molecular weight excluding hydrogens is 377 g/mol. The molecule has 1 N–H and O–H groups in total. The second-order valence-electron chi connectivity index (χ2n) is 6.50. The Hall–Kier alpha value is -1.79. The van der Waals surface area contributed by atoms with E-state index in [0.717, 1.165) is 18.7 Å². The van der Waals surface area contributed by atoms with Gasteiger partial charge in [-0.15, -0.1) is 0 Å². The standard InChI is InChI=1S/C19H17Cl2NO4/c1-25-19(24)10-4-5-22(9-10)12-2-3-13-16(8-12)26-18-14(17(13)23)6-11(20)7-15(18)21/h2-3,6-8,10,19,24H,4-5,9H2,1H3. The van der Waals surface area contributed by atoms with Crippen LogP contribution in [0.5, 0.6) is 0 Å². The topological polar surface area (TPSA) is 62.9 Å². The van der Waals surface area contributed by atoms with E-state index in [1.807, 2.05) is 12.1 Å². The van der Waals surface area contributed by atoms with Gasteiger partial charge in [0.25, 0.3) is 0 Å². The van der Waals surface area contributed by atoms with Crippen molar-refractivity contribution >= 4 is 50.8 Å². The number of anilines is 1. The molecule has 136 valence electrons. The van der Waals surface area contributed by atoms with E-state index in [1.165, 1.54) is 7.11 Å². The number of fused-ring (bicyclic) bond motifs is 2. The lowest BCUT2D eigenvalue weighted by Gasteiger charge is -2.20. The Morgan fingerprint density at radius 1 is 1.27 bits per heavy atom.